The van der Waals surface area contributed by atoms with E-state index in [1.54, 1.807) is 24.4 Å². The molecule has 2 aromatic carbocycles. The summed E-state index contributed by atoms with van der Waals surface area (Å²) in [6.45, 7) is 8.05. The molecule has 8 heteroatoms. The molecule has 0 spiro atoms. The maximum Gasteiger partial charge on any atom is 0.282 e. The number of halogens is 1. The zero-order chi connectivity index (χ0) is 23.8. The van der Waals surface area contributed by atoms with Crippen LogP contribution in [0, 0.1) is 11.3 Å². The molecular weight excluding hydrogens is 484 g/mol. The molecule has 7 nitrogen and oxygen atoms in total. The largest absolute Gasteiger partial charge is 0.490 e. The first kappa shape index (κ1) is 24.2. The Kier molecular flexibility index (Phi) is 8.39. The van der Waals surface area contributed by atoms with E-state index in [4.69, 9.17) is 14.7 Å². The summed E-state index contributed by atoms with van der Waals surface area (Å²) in [6.07, 6.45) is 5.32. The van der Waals surface area contributed by atoms with Crippen molar-refractivity contribution in [1.29, 1.82) is 5.26 Å². The molecule has 0 aliphatic heterocycles. The number of aryl methyl sites for hydroxylation is 1. The third-order valence-electron chi connectivity index (χ3n) is 4.77. The highest BCUT2D eigenvalue weighted by Gasteiger charge is 2.14. The molecule has 0 radical (unpaired) electrons. The minimum absolute atomic E-state index is 0.0915. The number of benzene rings is 2. The fourth-order valence-corrected chi connectivity index (χ4v) is 3.78. The summed E-state index contributed by atoms with van der Waals surface area (Å²) in [5.41, 5.74) is 1.95. The lowest BCUT2D eigenvalue weighted by molar-refractivity contribution is 0.297. The number of aromatic nitrogens is 2. The summed E-state index contributed by atoms with van der Waals surface area (Å²) >= 11 is 3.42. The number of allylic oxidation sites excluding steroid dienone is 1. The van der Waals surface area contributed by atoms with Crippen LogP contribution in [0.5, 0.6) is 11.5 Å². The Bertz CT molecular complexity index is 1290. The zero-order valence-corrected chi connectivity index (χ0v) is 20.3. The summed E-state index contributed by atoms with van der Waals surface area (Å²) < 4.78 is 13.5. The number of fused-ring (bicyclic) bond motifs is 1. The second-order valence-corrected chi connectivity index (χ2v) is 8.10. The van der Waals surface area contributed by atoms with Gasteiger partial charge < -0.3 is 9.47 Å². The van der Waals surface area contributed by atoms with Gasteiger partial charge in [0.05, 0.1) is 23.7 Å². The van der Waals surface area contributed by atoms with Crippen molar-refractivity contribution in [3.05, 3.63) is 74.8 Å². The molecule has 33 heavy (non-hydrogen) atoms. The van der Waals surface area contributed by atoms with Gasteiger partial charge in [0.2, 0.25) is 0 Å². The molecule has 0 aliphatic rings. The van der Waals surface area contributed by atoms with Crippen LogP contribution in [-0.2, 0) is 12.8 Å². The topological polar surface area (TPSA) is 89.5 Å². The van der Waals surface area contributed by atoms with E-state index in [-0.39, 0.29) is 12.2 Å². The third kappa shape index (κ3) is 5.68. The average Bonchev–Trinajstić information content (AvgIpc) is 2.79. The summed E-state index contributed by atoms with van der Waals surface area (Å²) in [4.78, 5) is 17.9. The van der Waals surface area contributed by atoms with Gasteiger partial charge in [-0.2, -0.15) is 15.0 Å². The van der Waals surface area contributed by atoms with E-state index >= 15 is 0 Å². The first-order valence-corrected chi connectivity index (χ1v) is 11.5. The monoisotopic (exact) mass is 508 g/mol. The van der Waals surface area contributed by atoms with Crippen molar-refractivity contribution in [1.82, 2.24) is 9.66 Å². The molecule has 1 aromatic heterocycles. The summed E-state index contributed by atoms with van der Waals surface area (Å²) in [6, 6.07) is 11.1. The van der Waals surface area contributed by atoms with Gasteiger partial charge in [0.15, 0.2) is 18.1 Å². The van der Waals surface area contributed by atoms with Gasteiger partial charge in [-0.3, -0.25) is 4.79 Å². The Balaban J connectivity index is 2.12. The fourth-order valence-electron chi connectivity index (χ4n) is 3.42. The van der Waals surface area contributed by atoms with E-state index in [9.17, 15) is 4.79 Å². The van der Waals surface area contributed by atoms with Gasteiger partial charge in [0.25, 0.3) is 5.56 Å². The van der Waals surface area contributed by atoms with Gasteiger partial charge in [-0.15, -0.1) is 6.58 Å². The van der Waals surface area contributed by atoms with Gasteiger partial charge in [-0.1, -0.05) is 28.9 Å². The van der Waals surface area contributed by atoms with Crippen LogP contribution in [0.2, 0.25) is 0 Å². The number of ether oxygens (including phenoxy) is 2. The zero-order valence-electron chi connectivity index (χ0n) is 18.7. The smallest absolute Gasteiger partial charge is 0.282 e. The molecular formula is C25H25BrN4O3. The number of nitrogens with zero attached hydrogens (tertiary/aromatic N) is 4. The highest BCUT2D eigenvalue weighted by atomic mass is 79.9. The SMILES string of the molecule is C=CCc1cc(C=Nn2c(CCC)nc3ccc(Br)cc3c2=O)cc(OCC)c1OCC#N. The van der Waals surface area contributed by atoms with Crippen LogP contribution in [-0.4, -0.2) is 29.1 Å². The molecule has 3 rings (SSSR count). The van der Waals surface area contributed by atoms with Crippen LogP contribution in [0.1, 0.15) is 37.2 Å². The van der Waals surface area contributed by atoms with Crippen molar-refractivity contribution in [3.63, 3.8) is 0 Å². The summed E-state index contributed by atoms with van der Waals surface area (Å²) in [7, 11) is 0. The predicted octanol–water partition coefficient (Wildman–Crippen LogP) is 5.02. The number of hydrogen-bond donors (Lipinski definition) is 0. The van der Waals surface area contributed by atoms with Crippen LogP contribution < -0.4 is 15.0 Å². The van der Waals surface area contributed by atoms with E-state index < -0.39 is 0 Å². The molecule has 0 aliphatic carbocycles. The van der Waals surface area contributed by atoms with Crippen molar-refractivity contribution >= 4 is 33.0 Å². The van der Waals surface area contributed by atoms with Gasteiger partial charge in [-0.05, 0) is 55.7 Å². The lowest BCUT2D eigenvalue weighted by Crippen LogP contribution is -2.22. The molecule has 0 atom stereocenters. The van der Waals surface area contributed by atoms with E-state index in [1.165, 1.54) is 4.68 Å². The molecule has 1 heterocycles. The van der Waals surface area contributed by atoms with Gasteiger partial charge in [0.1, 0.15) is 11.9 Å². The van der Waals surface area contributed by atoms with E-state index in [0.717, 1.165) is 22.0 Å². The van der Waals surface area contributed by atoms with E-state index in [1.807, 2.05) is 38.1 Å². The minimum Gasteiger partial charge on any atom is -0.490 e. The maximum absolute atomic E-state index is 13.2. The standard InChI is InChI=1S/C25H25BrN4O3/c1-4-7-18-13-17(14-22(32-6-3)24(18)33-12-11-27)16-28-30-23(8-5-2)29-21-10-9-19(26)15-20(21)25(30)31/h4,9-10,13-16H,1,5-8,12H2,2-3H3. The maximum atomic E-state index is 13.2. The lowest BCUT2D eigenvalue weighted by Gasteiger charge is -2.15. The van der Waals surface area contributed by atoms with Crippen molar-refractivity contribution in [2.75, 3.05) is 13.2 Å². The Hall–Kier alpha value is -3.44. The van der Waals surface area contributed by atoms with Crippen LogP contribution >= 0.6 is 15.9 Å². The second kappa shape index (κ2) is 11.4. The van der Waals surface area contributed by atoms with Crippen molar-refractivity contribution in [2.24, 2.45) is 5.10 Å². The number of nitriles is 1. The number of hydrogen-bond acceptors (Lipinski definition) is 6. The summed E-state index contributed by atoms with van der Waals surface area (Å²) in [5.74, 6) is 1.62. The summed E-state index contributed by atoms with van der Waals surface area (Å²) in [5, 5.41) is 13.9. The number of rotatable bonds is 10. The van der Waals surface area contributed by atoms with E-state index in [0.29, 0.717) is 47.7 Å². The molecule has 0 amide bonds. The highest BCUT2D eigenvalue weighted by molar-refractivity contribution is 9.10. The molecule has 170 valence electrons. The Morgan fingerprint density at radius 3 is 2.79 bits per heavy atom. The molecule has 0 saturated heterocycles. The third-order valence-corrected chi connectivity index (χ3v) is 5.26. The fraction of sp³-hybridized carbons (Fsp3) is 0.280. The van der Waals surface area contributed by atoms with Crippen LogP contribution in [0.25, 0.3) is 10.9 Å². The molecule has 0 N–H and O–H groups in total. The molecule has 0 bridgehead atoms. The molecule has 0 fully saturated rings. The van der Waals surface area contributed by atoms with Crippen LogP contribution in [0.15, 0.2) is 57.4 Å². The molecule has 0 saturated carbocycles. The van der Waals surface area contributed by atoms with Crippen molar-refractivity contribution < 1.29 is 9.47 Å². The van der Waals surface area contributed by atoms with Gasteiger partial charge in [-0.25, -0.2) is 4.98 Å². The first-order valence-electron chi connectivity index (χ1n) is 10.7. The average molecular weight is 509 g/mol. The quantitative estimate of drug-likeness (QED) is 0.283. The second-order valence-electron chi connectivity index (χ2n) is 7.18. The minimum atomic E-state index is -0.230. The Morgan fingerprint density at radius 1 is 1.27 bits per heavy atom. The van der Waals surface area contributed by atoms with Gasteiger partial charge >= 0.3 is 0 Å². The van der Waals surface area contributed by atoms with Crippen LogP contribution in [0.3, 0.4) is 0 Å². The van der Waals surface area contributed by atoms with Crippen molar-refractivity contribution in [3.8, 4) is 17.6 Å². The molecule has 3 aromatic rings. The van der Waals surface area contributed by atoms with Crippen LogP contribution in [0.4, 0.5) is 0 Å². The highest BCUT2D eigenvalue weighted by Crippen LogP contribution is 2.33. The predicted molar refractivity (Wildman–Crippen MR) is 133 cm³/mol. The van der Waals surface area contributed by atoms with Gasteiger partial charge in [0, 0.05) is 16.5 Å². The van der Waals surface area contributed by atoms with E-state index in [2.05, 4.69) is 32.6 Å². The molecule has 0 unspecified atom stereocenters. The Labute approximate surface area is 201 Å². The Morgan fingerprint density at radius 2 is 2.09 bits per heavy atom. The van der Waals surface area contributed by atoms with Crippen molar-refractivity contribution in [2.45, 2.75) is 33.1 Å². The lowest BCUT2D eigenvalue weighted by atomic mass is 10.1. The first-order chi connectivity index (χ1) is 16.0. The normalized spacial score (nSPS) is 11.0.